The van der Waals surface area contributed by atoms with Crippen LogP contribution in [0.3, 0.4) is 0 Å². The molecule has 1 aliphatic heterocycles. The van der Waals surface area contributed by atoms with Gasteiger partial charge in [0.1, 0.15) is 0 Å². The highest BCUT2D eigenvalue weighted by atomic mass is 16.3. The van der Waals surface area contributed by atoms with Crippen LogP contribution in [-0.4, -0.2) is 35.2 Å². The molecule has 1 heterocycles. The first-order valence-electron chi connectivity index (χ1n) is 5.50. The zero-order valence-corrected chi connectivity index (χ0v) is 8.84. The summed E-state index contributed by atoms with van der Waals surface area (Å²) in [6.07, 6.45) is 4.68. The molecule has 0 atom stereocenters. The zero-order valence-electron chi connectivity index (χ0n) is 8.84. The summed E-state index contributed by atoms with van der Waals surface area (Å²) in [4.78, 5) is 2.53. The van der Waals surface area contributed by atoms with Gasteiger partial charge in [0.15, 0.2) is 0 Å². The lowest BCUT2D eigenvalue weighted by Crippen LogP contribution is -2.67. The summed E-state index contributed by atoms with van der Waals surface area (Å²) in [5.74, 6) is 0. The minimum Gasteiger partial charge on any atom is -0.390 e. The molecule has 1 saturated heterocycles. The fourth-order valence-corrected chi connectivity index (χ4v) is 3.23. The van der Waals surface area contributed by atoms with Crippen molar-refractivity contribution in [3.05, 3.63) is 0 Å². The highest BCUT2D eigenvalue weighted by molar-refractivity contribution is 5.09. The van der Waals surface area contributed by atoms with Crippen molar-refractivity contribution < 1.29 is 5.11 Å². The van der Waals surface area contributed by atoms with E-state index in [1.165, 1.54) is 32.5 Å². The Hall–Kier alpha value is -0.0800. The SMILES string of the molecule is CCCCN1CC2(C1)CC(C)(O)C2. The maximum atomic E-state index is 9.66. The van der Waals surface area contributed by atoms with Crippen LogP contribution in [0.1, 0.15) is 39.5 Å². The van der Waals surface area contributed by atoms with E-state index in [-0.39, 0.29) is 5.60 Å². The van der Waals surface area contributed by atoms with Crippen LogP contribution in [0, 0.1) is 5.41 Å². The maximum absolute atomic E-state index is 9.66. The summed E-state index contributed by atoms with van der Waals surface area (Å²) in [5.41, 5.74) is 0.189. The summed E-state index contributed by atoms with van der Waals surface area (Å²) in [6, 6.07) is 0. The molecule has 76 valence electrons. The van der Waals surface area contributed by atoms with Gasteiger partial charge in [-0.1, -0.05) is 13.3 Å². The van der Waals surface area contributed by atoms with Crippen molar-refractivity contribution in [3.8, 4) is 0 Å². The van der Waals surface area contributed by atoms with Crippen LogP contribution in [-0.2, 0) is 0 Å². The van der Waals surface area contributed by atoms with E-state index in [0.29, 0.717) is 5.41 Å². The third kappa shape index (κ3) is 1.75. The quantitative estimate of drug-likeness (QED) is 0.719. The number of hydrogen-bond donors (Lipinski definition) is 1. The summed E-state index contributed by atoms with van der Waals surface area (Å²) in [5, 5.41) is 9.66. The van der Waals surface area contributed by atoms with Gasteiger partial charge in [0.2, 0.25) is 0 Å². The van der Waals surface area contributed by atoms with Crippen LogP contribution in [0.4, 0.5) is 0 Å². The number of unbranched alkanes of at least 4 members (excludes halogenated alkanes) is 1. The molecule has 0 aromatic heterocycles. The molecule has 0 radical (unpaired) electrons. The molecule has 13 heavy (non-hydrogen) atoms. The molecular weight excluding hydrogens is 162 g/mol. The number of likely N-dealkylation sites (tertiary alicyclic amines) is 1. The van der Waals surface area contributed by atoms with Gasteiger partial charge in [0, 0.05) is 18.5 Å². The molecule has 2 heteroatoms. The largest absolute Gasteiger partial charge is 0.390 e. The van der Waals surface area contributed by atoms with Gasteiger partial charge in [-0.15, -0.1) is 0 Å². The Morgan fingerprint density at radius 1 is 1.31 bits per heavy atom. The first kappa shape index (κ1) is 9.47. The Labute approximate surface area is 80.9 Å². The summed E-state index contributed by atoms with van der Waals surface area (Å²) in [7, 11) is 0. The molecule has 0 aromatic rings. The van der Waals surface area contributed by atoms with Crippen LogP contribution < -0.4 is 0 Å². The van der Waals surface area contributed by atoms with Crippen LogP contribution in [0.5, 0.6) is 0 Å². The second kappa shape index (κ2) is 2.96. The first-order chi connectivity index (χ1) is 6.05. The maximum Gasteiger partial charge on any atom is 0.0632 e. The molecular formula is C11H21NO. The van der Waals surface area contributed by atoms with Crippen molar-refractivity contribution in [1.82, 2.24) is 4.90 Å². The van der Waals surface area contributed by atoms with Crippen molar-refractivity contribution in [1.29, 1.82) is 0 Å². The molecule has 1 N–H and O–H groups in total. The Morgan fingerprint density at radius 3 is 2.38 bits per heavy atom. The fraction of sp³-hybridized carbons (Fsp3) is 1.00. The lowest BCUT2D eigenvalue weighted by atomic mass is 9.56. The number of rotatable bonds is 3. The molecule has 0 unspecified atom stereocenters. The second-order valence-corrected chi connectivity index (χ2v) is 5.41. The molecule has 2 nitrogen and oxygen atoms in total. The van der Waals surface area contributed by atoms with E-state index in [9.17, 15) is 5.11 Å². The van der Waals surface area contributed by atoms with Gasteiger partial charge in [0.05, 0.1) is 5.60 Å². The minimum absolute atomic E-state index is 0.336. The minimum atomic E-state index is -0.336. The number of nitrogens with zero attached hydrogens (tertiary/aromatic N) is 1. The molecule has 2 aliphatic rings. The Morgan fingerprint density at radius 2 is 1.92 bits per heavy atom. The average Bonchev–Trinajstić information content (AvgIpc) is 1.91. The molecule has 1 aliphatic carbocycles. The van der Waals surface area contributed by atoms with E-state index in [1.807, 2.05) is 6.92 Å². The predicted octanol–water partition coefficient (Wildman–Crippen LogP) is 1.63. The van der Waals surface area contributed by atoms with Crippen LogP contribution in [0.2, 0.25) is 0 Å². The molecule has 2 rings (SSSR count). The molecule has 1 spiro atoms. The zero-order chi connectivity index (χ0) is 9.53. The molecule has 0 amide bonds. The standard InChI is InChI=1S/C11H21NO/c1-3-4-5-12-8-11(9-12)6-10(2,13)7-11/h13H,3-9H2,1-2H3. The van der Waals surface area contributed by atoms with Gasteiger partial charge in [-0.25, -0.2) is 0 Å². The molecule has 0 aromatic carbocycles. The van der Waals surface area contributed by atoms with Crippen molar-refractivity contribution in [2.24, 2.45) is 5.41 Å². The van der Waals surface area contributed by atoms with Gasteiger partial charge in [-0.3, -0.25) is 0 Å². The highest BCUT2D eigenvalue weighted by Gasteiger charge is 2.56. The van der Waals surface area contributed by atoms with Gasteiger partial charge < -0.3 is 10.0 Å². The monoisotopic (exact) mass is 183 g/mol. The summed E-state index contributed by atoms with van der Waals surface area (Å²) >= 11 is 0. The molecule has 1 saturated carbocycles. The van der Waals surface area contributed by atoms with Crippen molar-refractivity contribution >= 4 is 0 Å². The van der Waals surface area contributed by atoms with E-state index in [4.69, 9.17) is 0 Å². The van der Waals surface area contributed by atoms with Crippen LogP contribution in [0.15, 0.2) is 0 Å². The van der Waals surface area contributed by atoms with Gasteiger partial charge in [-0.2, -0.15) is 0 Å². The van der Waals surface area contributed by atoms with Crippen molar-refractivity contribution in [2.45, 2.75) is 45.1 Å². The predicted molar refractivity (Wildman–Crippen MR) is 53.6 cm³/mol. The Kier molecular flexibility index (Phi) is 2.16. The summed E-state index contributed by atoms with van der Waals surface area (Å²) < 4.78 is 0. The van der Waals surface area contributed by atoms with E-state index in [0.717, 1.165) is 12.8 Å². The molecule has 0 bridgehead atoms. The van der Waals surface area contributed by atoms with Crippen molar-refractivity contribution in [3.63, 3.8) is 0 Å². The third-order valence-electron chi connectivity index (χ3n) is 3.46. The van der Waals surface area contributed by atoms with Crippen LogP contribution in [0.25, 0.3) is 0 Å². The lowest BCUT2D eigenvalue weighted by molar-refractivity contribution is -0.180. The second-order valence-electron chi connectivity index (χ2n) is 5.41. The Balaban J connectivity index is 1.68. The number of hydrogen-bond acceptors (Lipinski definition) is 2. The van der Waals surface area contributed by atoms with Crippen molar-refractivity contribution in [2.75, 3.05) is 19.6 Å². The van der Waals surface area contributed by atoms with Gasteiger partial charge >= 0.3 is 0 Å². The molecule has 2 fully saturated rings. The smallest absolute Gasteiger partial charge is 0.0632 e. The van der Waals surface area contributed by atoms with E-state index < -0.39 is 0 Å². The van der Waals surface area contributed by atoms with E-state index >= 15 is 0 Å². The topological polar surface area (TPSA) is 23.5 Å². The normalized spacial score (nSPS) is 29.8. The van der Waals surface area contributed by atoms with Gasteiger partial charge in [-0.05, 0) is 32.7 Å². The van der Waals surface area contributed by atoms with E-state index in [1.54, 1.807) is 0 Å². The summed E-state index contributed by atoms with van der Waals surface area (Å²) in [6.45, 7) is 7.95. The highest BCUT2D eigenvalue weighted by Crippen LogP contribution is 2.53. The number of aliphatic hydroxyl groups is 1. The lowest BCUT2D eigenvalue weighted by Gasteiger charge is -2.62. The first-order valence-corrected chi connectivity index (χ1v) is 5.50. The van der Waals surface area contributed by atoms with E-state index in [2.05, 4.69) is 11.8 Å². The Bertz CT molecular complexity index is 184. The van der Waals surface area contributed by atoms with Crippen LogP contribution >= 0.6 is 0 Å². The fourth-order valence-electron chi connectivity index (χ4n) is 3.23. The average molecular weight is 183 g/mol. The third-order valence-corrected chi connectivity index (χ3v) is 3.46. The van der Waals surface area contributed by atoms with Gasteiger partial charge in [0.25, 0.3) is 0 Å².